The number of methoxy groups -OCH3 is 1. The first kappa shape index (κ1) is 31.5. The lowest BCUT2D eigenvalue weighted by atomic mass is 10.1. The highest BCUT2D eigenvalue weighted by atomic mass is 127. The molecular formula is C34H29IO10. The molecule has 0 saturated carbocycles. The zero-order valence-corrected chi connectivity index (χ0v) is 26.8. The van der Waals surface area contributed by atoms with Gasteiger partial charge in [-0.2, -0.15) is 0 Å². The molecule has 0 unspecified atom stereocenters. The monoisotopic (exact) mass is 724 g/mol. The van der Waals surface area contributed by atoms with Crippen LogP contribution >= 0.6 is 22.6 Å². The third-order valence-electron chi connectivity index (χ3n) is 6.80. The summed E-state index contributed by atoms with van der Waals surface area (Å²) in [5.74, 6) is 2.70. The second-order valence-electron chi connectivity index (χ2n) is 9.80. The van der Waals surface area contributed by atoms with Crippen molar-refractivity contribution < 1.29 is 47.2 Å². The molecule has 0 aliphatic carbocycles. The third kappa shape index (κ3) is 7.98. The predicted octanol–water partition coefficient (Wildman–Crippen LogP) is 7.82. The van der Waals surface area contributed by atoms with Gasteiger partial charge in [-0.3, -0.25) is 0 Å². The largest absolute Gasteiger partial charge is 0.489 e. The minimum absolute atomic E-state index is 0.0840. The Kier molecular flexibility index (Phi) is 9.98. The topological polar surface area (TPSA) is 127 Å². The molecule has 45 heavy (non-hydrogen) atoms. The van der Waals surface area contributed by atoms with Crippen molar-refractivity contribution in [3.8, 4) is 34.1 Å². The first-order valence-electron chi connectivity index (χ1n) is 13.7. The molecule has 1 N–H and O–H groups in total. The number of carboxylic acids is 1. The van der Waals surface area contributed by atoms with Gasteiger partial charge in [-0.25, -0.2) is 9.59 Å². The molecule has 0 radical (unpaired) electrons. The number of aryl methyl sites for hydroxylation is 2. The molecule has 1 aliphatic heterocycles. The van der Waals surface area contributed by atoms with Crippen LogP contribution in [-0.2, 0) is 18.0 Å². The maximum Gasteiger partial charge on any atom is 0.373 e. The van der Waals surface area contributed by atoms with Crippen LogP contribution in [0, 0.1) is 17.4 Å². The van der Waals surface area contributed by atoms with Gasteiger partial charge < -0.3 is 37.6 Å². The fourth-order valence-corrected chi connectivity index (χ4v) is 4.67. The van der Waals surface area contributed by atoms with Crippen molar-refractivity contribution in [3.63, 3.8) is 0 Å². The number of esters is 1. The van der Waals surface area contributed by atoms with Crippen molar-refractivity contribution in [3.05, 3.63) is 117 Å². The Hall–Kier alpha value is -4.91. The minimum Gasteiger partial charge on any atom is -0.489 e. The number of carboxylic acid groups (broad SMARTS) is 1. The van der Waals surface area contributed by atoms with Crippen LogP contribution < -0.4 is 18.9 Å². The number of rotatable bonds is 9. The van der Waals surface area contributed by atoms with Crippen molar-refractivity contribution in [2.45, 2.75) is 27.1 Å². The molecule has 0 fully saturated rings. The number of hydrogen-bond donors (Lipinski definition) is 1. The highest BCUT2D eigenvalue weighted by Gasteiger charge is 2.16. The van der Waals surface area contributed by atoms with E-state index in [9.17, 15) is 9.59 Å². The van der Waals surface area contributed by atoms with Gasteiger partial charge in [0.25, 0.3) is 0 Å². The van der Waals surface area contributed by atoms with E-state index in [1.165, 1.54) is 13.2 Å². The number of benzene rings is 3. The molecule has 3 aromatic carbocycles. The number of ether oxygens (including phenoxy) is 5. The Labute approximate surface area is 272 Å². The van der Waals surface area contributed by atoms with Gasteiger partial charge in [-0.05, 0) is 108 Å². The van der Waals surface area contributed by atoms with Crippen molar-refractivity contribution in [2.75, 3.05) is 13.9 Å². The van der Waals surface area contributed by atoms with E-state index in [2.05, 4.69) is 27.3 Å². The summed E-state index contributed by atoms with van der Waals surface area (Å²) < 4.78 is 38.4. The van der Waals surface area contributed by atoms with Crippen LogP contribution in [0.25, 0.3) is 11.1 Å². The molecular weight excluding hydrogens is 695 g/mol. The molecule has 1 aliphatic rings. The van der Waals surface area contributed by atoms with E-state index >= 15 is 0 Å². The second-order valence-corrected chi connectivity index (χ2v) is 11.1. The molecule has 11 heteroatoms. The highest BCUT2D eigenvalue weighted by Crippen LogP contribution is 2.36. The van der Waals surface area contributed by atoms with Gasteiger partial charge in [-0.1, -0.05) is 18.2 Å². The molecule has 3 heterocycles. The summed E-state index contributed by atoms with van der Waals surface area (Å²) in [7, 11) is 1.32. The summed E-state index contributed by atoms with van der Waals surface area (Å²) in [5.41, 5.74) is 3.60. The summed E-state index contributed by atoms with van der Waals surface area (Å²) in [4.78, 5) is 22.3. The first-order chi connectivity index (χ1) is 21.7. The normalized spacial score (nSPS) is 11.4. The van der Waals surface area contributed by atoms with Gasteiger partial charge in [0.1, 0.15) is 36.2 Å². The second kappa shape index (κ2) is 14.2. The van der Waals surface area contributed by atoms with Crippen molar-refractivity contribution in [1.82, 2.24) is 0 Å². The summed E-state index contributed by atoms with van der Waals surface area (Å²) in [6, 6.07) is 24.3. The van der Waals surface area contributed by atoms with Crippen LogP contribution in [0.3, 0.4) is 0 Å². The third-order valence-corrected chi connectivity index (χ3v) is 7.52. The van der Waals surface area contributed by atoms with Crippen molar-refractivity contribution in [1.29, 1.82) is 0 Å². The van der Waals surface area contributed by atoms with Gasteiger partial charge in [0, 0.05) is 14.7 Å². The summed E-state index contributed by atoms with van der Waals surface area (Å²) >= 11 is 2.23. The van der Waals surface area contributed by atoms with Crippen LogP contribution in [0.2, 0.25) is 0 Å². The van der Waals surface area contributed by atoms with E-state index in [1.807, 2.05) is 66.7 Å². The molecule has 5 aromatic rings. The lowest BCUT2D eigenvalue weighted by molar-refractivity contribution is 0.0563. The highest BCUT2D eigenvalue weighted by molar-refractivity contribution is 14.1. The van der Waals surface area contributed by atoms with Crippen LogP contribution in [-0.4, -0.2) is 30.9 Å². The van der Waals surface area contributed by atoms with E-state index in [1.54, 1.807) is 19.9 Å². The number of halogens is 1. The zero-order valence-electron chi connectivity index (χ0n) is 24.6. The Morgan fingerprint density at radius 3 is 1.84 bits per heavy atom. The van der Waals surface area contributed by atoms with Gasteiger partial charge in [0.15, 0.2) is 11.5 Å². The average molecular weight is 725 g/mol. The molecule has 0 saturated heterocycles. The Morgan fingerprint density at radius 1 is 0.733 bits per heavy atom. The number of carbonyl (C=O) groups is 2. The Balaban J connectivity index is 0.000000187. The summed E-state index contributed by atoms with van der Waals surface area (Å²) in [5, 5.41) is 8.95. The fraction of sp³-hybridized carbons (Fsp3) is 0.176. The molecule has 10 nitrogen and oxygen atoms in total. The van der Waals surface area contributed by atoms with Crippen LogP contribution in [0.15, 0.2) is 87.7 Å². The molecule has 2 aromatic heterocycles. The maximum absolute atomic E-state index is 11.3. The first-order valence-corrected chi connectivity index (χ1v) is 14.8. The van der Waals surface area contributed by atoms with E-state index < -0.39 is 11.9 Å². The Bertz CT molecular complexity index is 1780. The minimum atomic E-state index is -1.09. The smallest absolute Gasteiger partial charge is 0.373 e. The molecule has 0 bridgehead atoms. The van der Waals surface area contributed by atoms with Crippen molar-refractivity contribution in [2.24, 2.45) is 0 Å². The number of furan rings is 2. The number of aromatic carboxylic acids is 1. The molecule has 6 rings (SSSR count). The van der Waals surface area contributed by atoms with Gasteiger partial charge in [-0.15, -0.1) is 0 Å². The van der Waals surface area contributed by atoms with E-state index in [-0.39, 0.29) is 24.9 Å². The number of fused-ring (bicyclic) bond motifs is 1. The quantitative estimate of drug-likeness (QED) is 0.119. The predicted molar refractivity (Wildman–Crippen MR) is 171 cm³/mol. The van der Waals surface area contributed by atoms with Crippen LogP contribution in [0.1, 0.15) is 43.8 Å². The number of carbonyl (C=O) groups excluding carboxylic acids is 1. The summed E-state index contributed by atoms with van der Waals surface area (Å²) in [6.45, 7) is 4.36. The zero-order chi connectivity index (χ0) is 31.9. The van der Waals surface area contributed by atoms with Crippen LogP contribution in [0.4, 0.5) is 0 Å². The Morgan fingerprint density at radius 2 is 1.27 bits per heavy atom. The van der Waals surface area contributed by atoms with Gasteiger partial charge >= 0.3 is 11.9 Å². The molecule has 0 spiro atoms. The lowest BCUT2D eigenvalue weighted by Gasteiger charge is -2.07. The molecule has 232 valence electrons. The fourth-order valence-electron chi connectivity index (χ4n) is 4.31. The van der Waals surface area contributed by atoms with Gasteiger partial charge in [0.05, 0.1) is 7.11 Å². The lowest BCUT2D eigenvalue weighted by Crippen LogP contribution is -1.99. The van der Waals surface area contributed by atoms with E-state index in [0.29, 0.717) is 29.4 Å². The van der Waals surface area contributed by atoms with E-state index in [0.717, 1.165) is 37.5 Å². The molecule has 0 atom stereocenters. The standard InChI is InChI=1S/C20H16O6.C14H13IO4/c1-12-15(9-19(26-12)20(21)22)10-23-16-5-2-13(3-6-16)14-4-7-17-18(8-14)25-11-24-17;1-9-10(7-13(19-9)14(16)17-2)8-18-12-5-3-11(15)4-6-12/h2-9H,10-11H2,1H3,(H,21,22);3-7H,8H2,1-2H3. The van der Waals surface area contributed by atoms with Gasteiger partial charge in [0.2, 0.25) is 18.3 Å². The summed E-state index contributed by atoms with van der Waals surface area (Å²) in [6.07, 6.45) is 0. The maximum atomic E-state index is 11.3. The number of hydrogen-bond acceptors (Lipinski definition) is 9. The molecule has 0 amide bonds. The van der Waals surface area contributed by atoms with Crippen molar-refractivity contribution >= 4 is 34.5 Å². The SMILES string of the molecule is COC(=O)c1cc(COc2ccc(I)cc2)c(C)o1.Cc1oc(C(=O)O)cc1COc1ccc(-c2ccc3c(c2)OCO3)cc1. The van der Waals surface area contributed by atoms with Crippen LogP contribution in [0.5, 0.6) is 23.0 Å². The average Bonchev–Trinajstić information content (AvgIpc) is 3.78. The van der Waals surface area contributed by atoms with E-state index in [4.69, 9.17) is 32.9 Å².